The van der Waals surface area contributed by atoms with Crippen LogP contribution >= 0.6 is 0 Å². The van der Waals surface area contributed by atoms with Crippen molar-refractivity contribution in [2.75, 3.05) is 33.4 Å². The molecule has 0 aromatic rings. The van der Waals surface area contributed by atoms with E-state index >= 15 is 0 Å². The van der Waals surface area contributed by atoms with E-state index in [-0.39, 0.29) is 64.1 Å². The molecule has 0 N–H and O–H groups in total. The van der Waals surface area contributed by atoms with Crippen molar-refractivity contribution < 1.29 is 61.2 Å². The van der Waals surface area contributed by atoms with Crippen LogP contribution in [0.15, 0.2) is 0 Å². The fraction of sp³-hybridized carbons (Fsp3) is 1.00. The minimum Gasteiger partial charge on any atom is -0.853 e. The predicted molar refractivity (Wildman–Crippen MR) is 32.1 cm³/mol. The summed E-state index contributed by atoms with van der Waals surface area (Å²) in [6.07, 6.45) is -0.0660. The summed E-state index contributed by atoms with van der Waals surface area (Å²) in [6.45, 7) is 2.35. The molecule has 1 unspecified atom stereocenters. The van der Waals surface area contributed by atoms with Gasteiger partial charge in [0, 0.05) is 13.1 Å². The molecule has 0 spiro atoms. The van der Waals surface area contributed by atoms with E-state index in [0.29, 0.717) is 6.61 Å². The van der Waals surface area contributed by atoms with Gasteiger partial charge in [0.2, 0.25) is 0 Å². The van der Waals surface area contributed by atoms with Crippen molar-refractivity contribution in [2.45, 2.75) is 6.10 Å². The molecule has 1 heterocycles. The molecule has 0 aromatic heterocycles. The topological polar surface area (TPSA) is 35.5 Å². The smallest absolute Gasteiger partial charge is 0.853 e. The molecule has 0 bridgehead atoms. The molecule has 1 fully saturated rings. The second kappa shape index (κ2) is 6.08. The second-order valence-electron chi connectivity index (χ2n) is 2.42. The fourth-order valence-electron chi connectivity index (χ4n) is 0.968. The third-order valence-corrected chi connectivity index (χ3v) is 1.53. The molecule has 1 saturated heterocycles. The zero-order valence-electron chi connectivity index (χ0n) is 6.67. The average molecular weight is 169 g/mol. The molecule has 0 aliphatic carbocycles. The minimum absolute atomic E-state index is 0. The van der Waals surface area contributed by atoms with Crippen LogP contribution in [0.25, 0.3) is 0 Å². The maximum atomic E-state index is 10.3. The Morgan fingerprint density at radius 2 is 2.40 bits per heavy atom. The van der Waals surface area contributed by atoms with Gasteiger partial charge in [0.25, 0.3) is 0 Å². The summed E-state index contributed by atoms with van der Waals surface area (Å²) in [5.74, 6) is 0. The van der Waals surface area contributed by atoms with Gasteiger partial charge in [-0.1, -0.05) is 0 Å². The van der Waals surface area contributed by atoms with Crippen LogP contribution in [0, 0.1) is 0 Å². The summed E-state index contributed by atoms with van der Waals surface area (Å²) in [5.41, 5.74) is 0. The summed E-state index contributed by atoms with van der Waals surface area (Å²) in [4.78, 5) is 2.12. The van der Waals surface area contributed by atoms with Crippen LogP contribution in [0.5, 0.6) is 0 Å². The summed E-state index contributed by atoms with van der Waals surface area (Å²) >= 11 is 0. The summed E-state index contributed by atoms with van der Waals surface area (Å²) in [6, 6.07) is 0. The number of hydrogen-bond donors (Lipinski definition) is 0. The molecular weight excluding hydrogens is 157 g/mol. The third-order valence-electron chi connectivity index (χ3n) is 1.53. The van der Waals surface area contributed by atoms with Gasteiger partial charge in [-0.15, -0.1) is 6.61 Å². The van der Waals surface area contributed by atoms with Gasteiger partial charge in [-0.2, -0.15) is 0 Å². The monoisotopic (exact) mass is 169 g/mol. The Bertz CT molecular complexity index is 91.8. The number of rotatable bonds is 1. The van der Waals surface area contributed by atoms with Crippen LogP contribution in [0.2, 0.25) is 0 Å². The molecule has 1 aliphatic rings. The van der Waals surface area contributed by atoms with Crippen LogP contribution in [0.3, 0.4) is 0 Å². The zero-order valence-corrected chi connectivity index (χ0v) is 9.79. The Hall–Kier alpha value is 1.52. The number of nitrogens with zero attached hydrogens (tertiary/aromatic N) is 1. The van der Waals surface area contributed by atoms with Crippen molar-refractivity contribution in [3.63, 3.8) is 0 Å². The second-order valence-corrected chi connectivity index (χ2v) is 2.42. The number of likely N-dealkylation sites (N-methyl/N-ethyl adjacent to an activating group) is 1. The molecule has 0 amide bonds. The molecule has 1 rings (SSSR count). The Morgan fingerprint density at radius 3 is 2.80 bits per heavy atom. The van der Waals surface area contributed by atoms with Gasteiger partial charge < -0.3 is 14.7 Å². The van der Waals surface area contributed by atoms with Gasteiger partial charge in [-0.3, -0.25) is 0 Å². The van der Waals surface area contributed by atoms with E-state index in [2.05, 4.69) is 4.90 Å². The third kappa shape index (κ3) is 3.78. The van der Waals surface area contributed by atoms with Gasteiger partial charge in [0.15, 0.2) is 0 Å². The van der Waals surface area contributed by atoms with Crippen molar-refractivity contribution in [2.24, 2.45) is 0 Å². The van der Waals surface area contributed by atoms with Gasteiger partial charge in [-0.25, -0.2) is 0 Å². The van der Waals surface area contributed by atoms with Crippen molar-refractivity contribution >= 4 is 0 Å². The zero-order chi connectivity index (χ0) is 6.69. The molecule has 4 heteroatoms. The average Bonchev–Trinajstić information content (AvgIpc) is 1.88. The van der Waals surface area contributed by atoms with E-state index in [1.165, 1.54) is 0 Å². The molecule has 0 aromatic carbocycles. The Balaban J connectivity index is 0.000000810. The van der Waals surface area contributed by atoms with Crippen molar-refractivity contribution in [1.82, 2.24) is 4.90 Å². The molecule has 1 atom stereocenters. The summed E-state index contributed by atoms with van der Waals surface area (Å²) < 4.78 is 5.14. The summed E-state index contributed by atoms with van der Waals surface area (Å²) in [7, 11) is 2.01. The van der Waals surface area contributed by atoms with Crippen LogP contribution < -0.4 is 56.5 Å². The number of morpholine rings is 1. The molecule has 0 saturated carbocycles. The SMILES string of the molecule is CN1CCOC(C[O-])C1.[K+]. The normalized spacial score (nSPS) is 27.6. The molecule has 1 aliphatic heterocycles. The Labute approximate surface area is 104 Å². The predicted octanol–water partition coefficient (Wildman–Crippen LogP) is -4.32. The van der Waals surface area contributed by atoms with E-state index < -0.39 is 0 Å². The number of hydrogen-bond acceptors (Lipinski definition) is 3. The molecule has 54 valence electrons. The first kappa shape index (κ1) is 11.5. The van der Waals surface area contributed by atoms with Crippen LogP contribution in [0.1, 0.15) is 0 Å². The maximum absolute atomic E-state index is 10.3. The van der Waals surface area contributed by atoms with E-state index in [1.54, 1.807) is 0 Å². The van der Waals surface area contributed by atoms with Crippen molar-refractivity contribution in [3.05, 3.63) is 0 Å². The Kier molecular flexibility index (Phi) is 7.00. The molecule has 10 heavy (non-hydrogen) atoms. The van der Waals surface area contributed by atoms with E-state index in [1.807, 2.05) is 7.05 Å². The number of ether oxygens (including phenoxy) is 1. The first-order valence-electron chi connectivity index (χ1n) is 3.21. The van der Waals surface area contributed by atoms with Crippen molar-refractivity contribution in [3.8, 4) is 0 Å². The van der Waals surface area contributed by atoms with E-state index in [0.717, 1.165) is 13.1 Å². The van der Waals surface area contributed by atoms with E-state index in [4.69, 9.17) is 4.74 Å². The summed E-state index contributed by atoms with van der Waals surface area (Å²) in [5, 5.41) is 10.3. The van der Waals surface area contributed by atoms with Crippen molar-refractivity contribution in [1.29, 1.82) is 0 Å². The fourth-order valence-corrected chi connectivity index (χ4v) is 0.968. The van der Waals surface area contributed by atoms with Gasteiger partial charge >= 0.3 is 51.4 Å². The standard InChI is InChI=1S/C6H12NO2.K/c1-7-2-3-9-6(4-7)5-8;/h6H,2-5H2,1H3;/q-1;+1. The quantitative estimate of drug-likeness (QED) is 0.372. The van der Waals surface area contributed by atoms with E-state index in [9.17, 15) is 5.11 Å². The molecular formula is C6H12KNO2. The first-order chi connectivity index (χ1) is 4.33. The van der Waals surface area contributed by atoms with Crippen LogP contribution in [-0.4, -0.2) is 44.4 Å². The Morgan fingerprint density at radius 1 is 1.70 bits per heavy atom. The van der Waals surface area contributed by atoms with Gasteiger partial charge in [0.1, 0.15) is 0 Å². The van der Waals surface area contributed by atoms with Gasteiger partial charge in [-0.05, 0) is 7.05 Å². The molecule has 0 radical (unpaired) electrons. The van der Waals surface area contributed by atoms with Crippen LogP contribution in [-0.2, 0) is 4.74 Å². The largest absolute Gasteiger partial charge is 1.00 e. The van der Waals surface area contributed by atoms with Crippen LogP contribution in [0.4, 0.5) is 0 Å². The van der Waals surface area contributed by atoms with Gasteiger partial charge in [0.05, 0.1) is 12.7 Å². The molecule has 3 nitrogen and oxygen atoms in total. The maximum Gasteiger partial charge on any atom is 1.00 e. The first-order valence-corrected chi connectivity index (χ1v) is 3.21. The minimum atomic E-state index is -0.107.